The number of primary amides is 1. The van der Waals surface area contributed by atoms with Crippen molar-refractivity contribution in [1.29, 1.82) is 0 Å². The lowest BCUT2D eigenvalue weighted by molar-refractivity contribution is 0.254. The van der Waals surface area contributed by atoms with Crippen LogP contribution in [0.4, 0.5) is 10.5 Å². The minimum absolute atomic E-state index is 0.0689. The van der Waals surface area contributed by atoms with Gasteiger partial charge < -0.3 is 5.73 Å². The van der Waals surface area contributed by atoms with Crippen molar-refractivity contribution in [3.63, 3.8) is 0 Å². The van der Waals surface area contributed by atoms with E-state index >= 15 is 0 Å². The number of anilines is 1. The number of hydrazine groups is 1. The Labute approximate surface area is 96.2 Å². The highest BCUT2D eigenvalue weighted by Crippen LogP contribution is 2.08. The monoisotopic (exact) mass is 233 g/mol. The second kappa shape index (κ2) is 3.87. The molecule has 2 aromatic rings. The maximum atomic E-state index is 12.0. The molecule has 0 aliphatic rings. The zero-order chi connectivity index (χ0) is 12.6. The average molecular weight is 233 g/mol. The molecule has 88 valence electrons. The molecule has 7 nitrogen and oxygen atoms in total. The number of rotatable bonds is 1. The van der Waals surface area contributed by atoms with E-state index in [1.807, 2.05) is 13.0 Å². The van der Waals surface area contributed by atoms with Gasteiger partial charge in [-0.2, -0.15) is 0 Å². The van der Waals surface area contributed by atoms with Crippen LogP contribution in [-0.4, -0.2) is 15.4 Å². The number of pyridine rings is 1. The van der Waals surface area contributed by atoms with Crippen molar-refractivity contribution in [2.75, 3.05) is 5.01 Å². The van der Waals surface area contributed by atoms with E-state index < -0.39 is 11.6 Å². The van der Waals surface area contributed by atoms with Crippen LogP contribution >= 0.6 is 0 Å². The normalized spacial score (nSPS) is 10.5. The third-order valence-corrected chi connectivity index (χ3v) is 2.41. The number of hydrogen-bond acceptors (Lipinski definition) is 4. The molecule has 0 aliphatic carbocycles. The molecular weight excluding hydrogens is 222 g/mol. The van der Waals surface area contributed by atoms with Crippen LogP contribution < -0.4 is 22.1 Å². The van der Waals surface area contributed by atoms with Gasteiger partial charge >= 0.3 is 6.03 Å². The van der Waals surface area contributed by atoms with E-state index in [4.69, 9.17) is 11.6 Å². The van der Waals surface area contributed by atoms with Gasteiger partial charge in [-0.1, -0.05) is 6.07 Å². The number of amides is 2. The molecule has 0 atom stereocenters. The zero-order valence-electron chi connectivity index (χ0n) is 9.12. The van der Waals surface area contributed by atoms with Gasteiger partial charge in [0.2, 0.25) is 0 Å². The summed E-state index contributed by atoms with van der Waals surface area (Å²) in [5, 5.41) is 0.574. The maximum absolute atomic E-state index is 12.0. The van der Waals surface area contributed by atoms with Crippen molar-refractivity contribution in [1.82, 2.24) is 9.38 Å². The molecule has 2 heterocycles. The topological polar surface area (TPSA) is 107 Å². The van der Waals surface area contributed by atoms with Gasteiger partial charge in [-0.15, -0.1) is 0 Å². The van der Waals surface area contributed by atoms with Crippen molar-refractivity contribution < 1.29 is 4.79 Å². The van der Waals surface area contributed by atoms with Crippen molar-refractivity contribution in [2.24, 2.45) is 11.6 Å². The minimum Gasteiger partial charge on any atom is -0.350 e. The smallest absolute Gasteiger partial charge is 0.333 e. The Bertz CT molecular complexity index is 649. The molecule has 7 heteroatoms. The van der Waals surface area contributed by atoms with Crippen LogP contribution in [0.3, 0.4) is 0 Å². The van der Waals surface area contributed by atoms with Gasteiger partial charge in [-0.3, -0.25) is 9.20 Å². The Balaban J connectivity index is 2.75. The van der Waals surface area contributed by atoms with Crippen LogP contribution in [0.5, 0.6) is 0 Å². The van der Waals surface area contributed by atoms with E-state index in [0.717, 1.165) is 5.56 Å². The predicted molar refractivity (Wildman–Crippen MR) is 62.4 cm³/mol. The Morgan fingerprint density at radius 2 is 2.24 bits per heavy atom. The number of aryl methyl sites for hydroxylation is 1. The number of nitrogens with two attached hydrogens (primary N) is 2. The van der Waals surface area contributed by atoms with Crippen LogP contribution in [0.2, 0.25) is 0 Å². The molecule has 0 bridgehead atoms. The molecule has 17 heavy (non-hydrogen) atoms. The van der Waals surface area contributed by atoms with E-state index in [2.05, 4.69) is 4.98 Å². The van der Waals surface area contributed by atoms with Crippen LogP contribution in [0.15, 0.2) is 29.3 Å². The summed E-state index contributed by atoms with van der Waals surface area (Å²) in [5.41, 5.74) is 5.84. The summed E-state index contributed by atoms with van der Waals surface area (Å²) in [7, 11) is 0. The summed E-state index contributed by atoms with van der Waals surface area (Å²) in [6, 6.07) is 2.62. The minimum atomic E-state index is -0.920. The van der Waals surface area contributed by atoms with Crippen LogP contribution in [0.25, 0.3) is 5.65 Å². The highest BCUT2D eigenvalue weighted by atomic mass is 16.2. The number of hydrogen-bond donors (Lipinski definition) is 2. The maximum Gasteiger partial charge on any atom is 0.333 e. The van der Waals surface area contributed by atoms with Crippen molar-refractivity contribution >= 4 is 17.4 Å². The molecule has 2 amide bonds. The quantitative estimate of drug-likeness (QED) is 0.402. The number of carbonyl (C=O) groups excluding carboxylic acids is 1. The number of urea groups is 1. The van der Waals surface area contributed by atoms with Gasteiger partial charge in [0, 0.05) is 6.20 Å². The first-order valence-electron chi connectivity index (χ1n) is 4.83. The first-order chi connectivity index (χ1) is 8.02. The van der Waals surface area contributed by atoms with Crippen molar-refractivity contribution in [3.8, 4) is 0 Å². The molecule has 4 N–H and O–H groups in total. The first-order valence-corrected chi connectivity index (χ1v) is 4.83. The number of nitrogens with zero attached hydrogens (tertiary/aromatic N) is 3. The zero-order valence-corrected chi connectivity index (χ0v) is 9.12. The van der Waals surface area contributed by atoms with Crippen molar-refractivity contribution in [3.05, 3.63) is 40.4 Å². The summed E-state index contributed by atoms with van der Waals surface area (Å²) in [6.07, 6.45) is 2.78. The molecule has 0 spiro atoms. The Hall–Kier alpha value is -2.41. The second-order valence-electron chi connectivity index (χ2n) is 3.54. The van der Waals surface area contributed by atoms with E-state index in [0.29, 0.717) is 10.7 Å². The fourth-order valence-electron chi connectivity index (χ4n) is 1.52. The Morgan fingerprint density at radius 3 is 2.88 bits per heavy atom. The van der Waals surface area contributed by atoms with Crippen LogP contribution in [0, 0.1) is 6.92 Å². The van der Waals surface area contributed by atoms with Gasteiger partial charge in [0.15, 0.2) is 0 Å². The van der Waals surface area contributed by atoms with Gasteiger partial charge in [0.1, 0.15) is 11.3 Å². The predicted octanol–water partition coefficient (Wildman–Crippen LogP) is -0.238. The molecule has 0 aliphatic heterocycles. The molecular formula is C10H11N5O2. The lowest BCUT2D eigenvalue weighted by Crippen LogP contribution is -2.44. The van der Waals surface area contributed by atoms with Gasteiger partial charge in [-0.05, 0) is 18.6 Å². The molecule has 0 saturated heterocycles. The van der Waals surface area contributed by atoms with E-state index in [1.165, 1.54) is 10.6 Å². The molecule has 0 saturated carbocycles. The number of fused-ring (bicyclic) bond motifs is 1. The molecule has 2 rings (SSSR count). The van der Waals surface area contributed by atoms with Gasteiger partial charge in [0.05, 0.1) is 6.20 Å². The molecule has 0 unspecified atom stereocenters. The summed E-state index contributed by atoms with van der Waals surface area (Å²) >= 11 is 0. The van der Waals surface area contributed by atoms with E-state index in [1.54, 1.807) is 12.3 Å². The third-order valence-electron chi connectivity index (χ3n) is 2.41. The largest absolute Gasteiger partial charge is 0.350 e. The second-order valence-corrected chi connectivity index (χ2v) is 3.54. The first kappa shape index (κ1) is 11.1. The number of aromatic nitrogens is 2. The van der Waals surface area contributed by atoms with E-state index in [9.17, 15) is 9.59 Å². The Kier molecular flexibility index (Phi) is 2.52. The lowest BCUT2D eigenvalue weighted by Gasteiger charge is -2.13. The van der Waals surface area contributed by atoms with E-state index in [-0.39, 0.29) is 5.69 Å². The van der Waals surface area contributed by atoms with Gasteiger partial charge in [0.25, 0.3) is 5.56 Å². The fraction of sp³-hybridized carbons (Fsp3) is 0.100. The molecule has 0 aromatic carbocycles. The standard InChI is InChI=1S/C10H11N5O2/c1-6-3-2-4-14-8(6)13-5-7(9(14)16)15(12)10(11)17/h2-5H,12H2,1H3,(H2,11,17). The number of carbonyl (C=O) groups is 1. The van der Waals surface area contributed by atoms with Crippen molar-refractivity contribution in [2.45, 2.75) is 6.92 Å². The van der Waals surface area contributed by atoms with Crippen LogP contribution in [-0.2, 0) is 0 Å². The van der Waals surface area contributed by atoms with Gasteiger partial charge in [-0.25, -0.2) is 20.6 Å². The third kappa shape index (κ3) is 1.72. The molecule has 2 aromatic heterocycles. The summed E-state index contributed by atoms with van der Waals surface area (Å²) in [6.45, 7) is 1.83. The summed E-state index contributed by atoms with van der Waals surface area (Å²) < 4.78 is 1.31. The molecule has 0 fully saturated rings. The summed E-state index contributed by atoms with van der Waals surface area (Å²) in [4.78, 5) is 27.0. The lowest BCUT2D eigenvalue weighted by atomic mass is 10.3. The fourth-order valence-corrected chi connectivity index (χ4v) is 1.52. The van der Waals surface area contributed by atoms with Crippen LogP contribution in [0.1, 0.15) is 5.56 Å². The Morgan fingerprint density at radius 1 is 1.53 bits per heavy atom. The molecule has 0 radical (unpaired) electrons. The highest BCUT2D eigenvalue weighted by Gasteiger charge is 2.14. The average Bonchev–Trinajstić information content (AvgIpc) is 2.30. The summed E-state index contributed by atoms with van der Waals surface area (Å²) in [5.74, 6) is 5.37. The SMILES string of the molecule is Cc1cccn2c(=O)c(N(N)C(N)=O)cnc12. The highest BCUT2D eigenvalue weighted by molar-refractivity contribution is 5.89.